The lowest BCUT2D eigenvalue weighted by molar-refractivity contribution is -0.118. The first-order chi connectivity index (χ1) is 8.58. The van der Waals surface area contributed by atoms with Crippen LogP contribution in [-0.4, -0.2) is 5.91 Å². The van der Waals surface area contributed by atoms with Gasteiger partial charge in [-0.2, -0.15) is 0 Å². The average molecular weight is 244 g/mol. The molecule has 4 heteroatoms. The van der Waals surface area contributed by atoms with Crippen LogP contribution in [0.4, 0.5) is 0 Å². The highest BCUT2D eigenvalue weighted by molar-refractivity contribution is 5.75. The third-order valence-electron chi connectivity index (χ3n) is 2.79. The van der Waals surface area contributed by atoms with E-state index in [1.54, 1.807) is 0 Å². The Kier molecular flexibility index (Phi) is 3.48. The quantitative estimate of drug-likeness (QED) is 0.864. The number of carbonyl (C=O) groups excluding carboxylic acids is 1. The van der Waals surface area contributed by atoms with Gasteiger partial charge in [0.1, 0.15) is 11.5 Å². The molecular weight excluding hydrogens is 228 g/mol. The third-order valence-corrected chi connectivity index (χ3v) is 2.79. The number of rotatable bonds is 4. The number of hydrogen-bond donors (Lipinski definition) is 2. The molecule has 0 aliphatic carbocycles. The molecule has 0 fully saturated rings. The first-order valence-corrected chi connectivity index (χ1v) is 5.77. The van der Waals surface area contributed by atoms with E-state index < -0.39 is 11.9 Å². The topological polar surface area (TPSA) is 82.2 Å². The molecule has 4 nitrogen and oxygen atoms in total. The summed E-state index contributed by atoms with van der Waals surface area (Å²) in [5.74, 6) is 1.18. The lowest BCUT2D eigenvalue weighted by Gasteiger charge is -2.13. The number of hydrogen-bond acceptors (Lipinski definition) is 3. The van der Waals surface area contributed by atoms with Gasteiger partial charge in [0, 0.05) is 18.0 Å². The van der Waals surface area contributed by atoms with Gasteiger partial charge in [-0.15, -0.1) is 0 Å². The van der Waals surface area contributed by atoms with E-state index in [4.69, 9.17) is 15.9 Å². The number of primary amides is 1. The molecule has 1 atom stereocenters. The summed E-state index contributed by atoms with van der Waals surface area (Å²) in [6.07, 6.45) is 0.122. The van der Waals surface area contributed by atoms with E-state index in [9.17, 15) is 4.79 Å². The second-order valence-corrected chi connectivity index (χ2v) is 4.27. The normalized spacial score (nSPS) is 12.3. The van der Waals surface area contributed by atoms with Gasteiger partial charge < -0.3 is 15.9 Å². The van der Waals surface area contributed by atoms with E-state index in [-0.39, 0.29) is 6.42 Å². The Morgan fingerprint density at radius 3 is 2.61 bits per heavy atom. The van der Waals surface area contributed by atoms with Gasteiger partial charge in [0.15, 0.2) is 0 Å². The number of furan rings is 1. The molecule has 1 aromatic carbocycles. The van der Waals surface area contributed by atoms with Gasteiger partial charge in [-0.3, -0.25) is 4.79 Å². The van der Waals surface area contributed by atoms with Crippen molar-refractivity contribution in [3.63, 3.8) is 0 Å². The second-order valence-electron chi connectivity index (χ2n) is 4.27. The summed E-state index contributed by atoms with van der Waals surface area (Å²) in [6, 6.07) is 11.0. The fourth-order valence-corrected chi connectivity index (χ4v) is 1.95. The SMILES string of the molecule is Cc1ccc(-c2ccccc2C(N)CC(N)=O)o1. The monoisotopic (exact) mass is 244 g/mol. The molecule has 1 heterocycles. The molecule has 18 heavy (non-hydrogen) atoms. The van der Waals surface area contributed by atoms with Crippen LogP contribution in [0, 0.1) is 6.92 Å². The smallest absolute Gasteiger partial charge is 0.219 e. The fraction of sp³-hybridized carbons (Fsp3) is 0.214. The van der Waals surface area contributed by atoms with Crippen molar-refractivity contribution in [2.24, 2.45) is 11.5 Å². The standard InChI is InChI=1S/C14H16N2O2/c1-9-6-7-13(18-9)11-5-3-2-4-10(11)12(15)8-14(16)17/h2-7,12H,8,15H2,1H3,(H2,16,17). The van der Waals surface area contributed by atoms with Crippen LogP contribution in [0.5, 0.6) is 0 Å². The first-order valence-electron chi connectivity index (χ1n) is 5.77. The van der Waals surface area contributed by atoms with Gasteiger partial charge in [-0.05, 0) is 24.6 Å². The molecule has 0 spiro atoms. The molecule has 1 aromatic heterocycles. The van der Waals surface area contributed by atoms with Crippen LogP contribution >= 0.6 is 0 Å². The van der Waals surface area contributed by atoms with Crippen molar-refractivity contribution in [3.05, 3.63) is 47.7 Å². The molecule has 0 bridgehead atoms. The minimum atomic E-state index is -0.413. The van der Waals surface area contributed by atoms with Crippen molar-refractivity contribution >= 4 is 5.91 Å². The van der Waals surface area contributed by atoms with Crippen molar-refractivity contribution < 1.29 is 9.21 Å². The number of nitrogens with two attached hydrogens (primary N) is 2. The second kappa shape index (κ2) is 5.06. The molecule has 0 aliphatic heterocycles. The number of aryl methyl sites for hydroxylation is 1. The minimum absolute atomic E-state index is 0.122. The number of benzene rings is 1. The van der Waals surface area contributed by atoms with Crippen molar-refractivity contribution in [2.75, 3.05) is 0 Å². The number of amides is 1. The summed E-state index contributed by atoms with van der Waals surface area (Å²) in [5.41, 5.74) is 12.9. The maximum atomic E-state index is 11.0. The molecule has 0 saturated heterocycles. The summed E-state index contributed by atoms with van der Waals surface area (Å²) < 4.78 is 5.59. The molecule has 0 radical (unpaired) electrons. The van der Waals surface area contributed by atoms with Gasteiger partial charge in [-0.1, -0.05) is 24.3 Å². The van der Waals surface area contributed by atoms with Gasteiger partial charge in [0.25, 0.3) is 0 Å². The first kappa shape index (κ1) is 12.4. The van der Waals surface area contributed by atoms with Crippen LogP contribution in [0.15, 0.2) is 40.8 Å². The predicted octanol–water partition coefficient (Wildman–Crippen LogP) is 2.13. The predicted molar refractivity (Wildman–Crippen MR) is 69.6 cm³/mol. The van der Waals surface area contributed by atoms with Crippen molar-refractivity contribution in [1.29, 1.82) is 0 Å². The summed E-state index contributed by atoms with van der Waals surface area (Å²) in [7, 11) is 0. The van der Waals surface area contributed by atoms with Crippen LogP contribution in [0.25, 0.3) is 11.3 Å². The van der Waals surface area contributed by atoms with Gasteiger partial charge >= 0.3 is 0 Å². The zero-order valence-electron chi connectivity index (χ0n) is 10.2. The summed E-state index contributed by atoms with van der Waals surface area (Å²) in [6.45, 7) is 1.88. The summed E-state index contributed by atoms with van der Waals surface area (Å²) >= 11 is 0. The fourth-order valence-electron chi connectivity index (χ4n) is 1.95. The van der Waals surface area contributed by atoms with Crippen molar-refractivity contribution in [3.8, 4) is 11.3 Å². The van der Waals surface area contributed by atoms with E-state index in [0.29, 0.717) is 0 Å². The molecule has 1 unspecified atom stereocenters. The van der Waals surface area contributed by atoms with Gasteiger partial charge in [0.05, 0.1) is 0 Å². The summed E-state index contributed by atoms with van der Waals surface area (Å²) in [4.78, 5) is 11.0. The molecule has 4 N–H and O–H groups in total. The molecule has 0 saturated carbocycles. The van der Waals surface area contributed by atoms with Crippen LogP contribution < -0.4 is 11.5 Å². The lowest BCUT2D eigenvalue weighted by atomic mass is 9.97. The molecule has 2 rings (SSSR count). The zero-order valence-corrected chi connectivity index (χ0v) is 10.2. The Labute approximate surface area is 106 Å². The van der Waals surface area contributed by atoms with E-state index >= 15 is 0 Å². The molecular formula is C14H16N2O2. The average Bonchev–Trinajstić information content (AvgIpc) is 2.75. The summed E-state index contributed by atoms with van der Waals surface area (Å²) in [5, 5.41) is 0. The van der Waals surface area contributed by atoms with Crippen LogP contribution in [-0.2, 0) is 4.79 Å². The molecule has 94 valence electrons. The molecule has 1 amide bonds. The highest BCUT2D eigenvalue weighted by Gasteiger charge is 2.15. The maximum absolute atomic E-state index is 11.0. The van der Waals surface area contributed by atoms with E-state index in [1.165, 1.54) is 0 Å². The Balaban J connectivity index is 2.39. The zero-order chi connectivity index (χ0) is 13.1. The largest absolute Gasteiger partial charge is 0.461 e. The third kappa shape index (κ3) is 2.60. The van der Waals surface area contributed by atoms with E-state index in [1.807, 2.05) is 43.3 Å². The van der Waals surface area contributed by atoms with E-state index in [2.05, 4.69) is 0 Å². The Hall–Kier alpha value is -2.07. The maximum Gasteiger partial charge on any atom is 0.219 e. The van der Waals surface area contributed by atoms with Crippen LogP contribution in [0.3, 0.4) is 0 Å². The highest BCUT2D eigenvalue weighted by atomic mass is 16.3. The van der Waals surface area contributed by atoms with Crippen LogP contribution in [0.1, 0.15) is 23.8 Å². The highest BCUT2D eigenvalue weighted by Crippen LogP contribution is 2.29. The Bertz CT molecular complexity index is 560. The van der Waals surface area contributed by atoms with E-state index in [0.717, 1.165) is 22.6 Å². The Morgan fingerprint density at radius 2 is 2.00 bits per heavy atom. The van der Waals surface area contributed by atoms with Crippen molar-refractivity contribution in [2.45, 2.75) is 19.4 Å². The minimum Gasteiger partial charge on any atom is -0.461 e. The lowest BCUT2D eigenvalue weighted by Crippen LogP contribution is -2.21. The Morgan fingerprint density at radius 1 is 1.28 bits per heavy atom. The number of carbonyl (C=O) groups is 1. The molecule has 2 aromatic rings. The van der Waals surface area contributed by atoms with Crippen LogP contribution in [0.2, 0.25) is 0 Å². The van der Waals surface area contributed by atoms with Crippen molar-refractivity contribution in [1.82, 2.24) is 0 Å². The molecule has 0 aliphatic rings. The van der Waals surface area contributed by atoms with Gasteiger partial charge in [0.2, 0.25) is 5.91 Å². The van der Waals surface area contributed by atoms with Gasteiger partial charge in [-0.25, -0.2) is 0 Å².